The first kappa shape index (κ1) is 22.3. The van der Waals surface area contributed by atoms with Gasteiger partial charge in [0.15, 0.2) is 0 Å². The normalized spacial score (nSPS) is 19.5. The van der Waals surface area contributed by atoms with Crippen molar-refractivity contribution in [3.8, 4) is 0 Å². The number of thioether (sulfide) groups is 1. The minimum atomic E-state index is -0.311. The second-order valence-corrected chi connectivity index (χ2v) is 9.11. The number of likely N-dealkylation sites (N-methyl/N-ethyl adjacent to an activating group) is 1. The summed E-state index contributed by atoms with van der Waals surface area (Å²) in [6.07, 6.45) is 4.96. The third-order valence-electron chi connectivity index (χ3n) is 5.89. The first-order valence-corrected chi connectivity index (χ1v) is 11.7. The van der Waals surface area contributed by atoms with Crippen LogP contribution >= 0.6 is 11.8 Å². The largest absolute Gasteiger partial charge is 0.353 e. The maximum absolute atomic E-state index is 12.6. The molecule has 7 heteroatoms. The molecule has 4 rings (SSSR count). The summed E-state index contributed by atoms with van der Waals surface area (Å²) < 4.78 is 0. The fraction of sp³-hybridized carbons (Fsp3) is 0.320. The van der Waals surface area contributed by atoms with Crippen LogP contribution in [0.5, 0.6) is 0 Å². The predicted molar refractivity (Wildman–Crippen MR) is 127 cm³/mol. The lowest BCUT2D eigenvalue weighted by molar-refractivity contribution is -0.125. The van der Waals surface area contributed by atoms with E-state index in [1.54, 1.807) is 6.08 Å². The highest BCUT2D eigenvalue weighted by molar-refractivity contribution is 8.18. The molecule has 0 saturated carbocycles. The van der Waals surface area contributed by atoms with Crippen molar-refractivity contribution in [2.45, 2.75) is 25.3 Å². The van der Waals surface area contributed by atoms with Gasteiger partial charge in [-0.15, -0.1) is 0 Å². The Kier molecular flexibility index (Phi) is 7.07. The van der Waals surface area contributed by atoms with Crippen molar-refractivity contribution >= 4 is 34.9 Å². The summed E-state index contributed by atoms with van der Waals surface area (Å²) in [4.78, 5) is 41.0. The van der Waals surface area contributed by atoms with Crippen molar-refractivity contribution in [2.75, 3.05) is 26.7 Å². The van der Waals surface area contributed by atoms with Gasteiger partial charge < -0.3 is 5.32 Å². The Morgan fingerprint density at radius 2 is 1.91 bits per heavy atom. The molecule has 1 aliphatic heterocycles. The Morgan fingerprint density at radius 3 is 2.72 bits per heavy atom. The van der Waals surface area contributed by atoms with E-state index >= 15 is 0 Å². The monoisotopic (exact) mass is 449 g/mol. The molecule has 2 aromatic rings. The first-order chi connectivity index (χ1) is 15.5. The van der Waals surface area contributed by atoms with Crippen LogP contribution in [0, 0.1) is 0 Å². The summed E-state index contributed by atoms with van der Waals surface area (Å²) in [5.74, 6) is -0.420. The average Bonchev–Trinajstić information content (AvgIpc) is 3.06. The fourth-order valence-corrected chi connectivity index (χ4v) is 5.14. The molecule has 0 aromatic heterocycles. The van der Waals surface area contributed by atoms with Gasteiger partial charge in [-0.3, -0.25) is 24.2 Å². The van der Waals surface area contributed by atoms with Crippen LogP contribution in [0.3, 0.4) is 0 Å². The number of aryl methyl sites for hydroxylation is 1. The van der Waals surface area contributed by atoms with Crippen LogP contribution in [0.1, 0.15) is 35.6 Å². The molecule has 1 saturated heterocycles. The fourth-order valence-electron chi connectivity index (χ4n) is 4.28. The van der Waals surface area contributed by atoms with Crippen LogP contribution in [-0.2, 0) is 16.0 Å². The number of carbonyl (C=O) groups is 3. The summed E-state index contributed by atoms with van der Waals surface area (Å²) >= 11 is 0.936. The molecular weight excluding hydrogens is 422 g/mol. The number of benzene rings is 2. The molecule has 1 aliphatic carbocycles. The van der Waals surface area contributed by atoms with Crippen LogP contribution in [0.25, 0.3) is 6.08 Å². The van der Waals surface area contributed by atoms with E-state index in [0.717, 1.165) is 36.6 Å². The maximum atomic E-state index is 12.6. The highest BCUT2D eigenvalue weighted by Crippen LogP contribution is 2.33. The van der Waals surface area contributed by atoms with Crippen LogP contribution < -0.4 is 5.32 Å². The van der Waals surface area contributed by atoms with E-state index in [1.807, 2.05) is 43.4 Å². The topological polar surface area (TPSA) is 69.7 Å². The van der Waals surface area contributed by atoms with Crippen LogP contribution in [0.4, 0.5) is 4.79 Å². The quantitative estimate of drug-likeness (QED) is 0.651. The second-order valence-electron chi connectivity index (χ2n) is 8.12. The van der Waals surface area contributed by atoms with E-state index in [4.69, 9.17) is 0 Å². The SMILES string of the molecule is CN(CC(=O)NCCN1C(=O)S/C(=C/c2ccccc2)C1=O)C1CCCc2ccccc21. The molecule has 0 bridgehead atoms. The number of hydrogen-bond donors (Lipinski definition) is 1. The zero-order valence-corrected chi connectivity index (χ0v) is 18.9. The predicted octanol–water partition coefficient (Wildman–Crippen LogP) is 3.85. The van der Waals surface area contributed by atoms with Crippen LogP contribution in [0.15, 0.2) is 59.5 Å². The van der Waals surface area contributed by atoms with Crippen molar-refractivity contribution in [1.82, 2.24) is 15.1 Å². The lowest BCUT2D eigenvalue weighted by Crippen LogP contribution is -2.42. The van der Waals surface area contributed by atoms with Crippen molar-refractivity contribution in [1.29, 1.82) is 0 Å². The average molecular weight is 450 g/mol. The smallest absolute Gasteiger partial charge is 0.293 e. The molecule has 2 aliphatic rings. The van der Waals surface area contributed by atoms with E-state index in [0.29, 0.717) is 4.91 Å². The molecule has 1 fully saturated rings. The van der Waals surface area contributed by atoms with Crippen molar-refractivity contribution < 1.29 is 14.4 Å². The molecule has 0 spiro atoms. The van der Waals surface area contributed by atoms with E-state index in [-0.39, 0.29) is 42.7 Å². The van der Waals surface area contributed by atoms with Gasteiger partial charge in [0, 0.05) is 19.1 Å². The Morgan fingerprint density at radius 1 is 1.16 bits per heavy atom. The summed E-state index contributed by atoms with van der Waals surface area (Å²) in [5.41, 5.74) is 3.54. The summed E-state index contributed by atoms with van der Waals surface area (Å²) in [7, 11) is 1.97. The van der Waals surface area contributed by atoms with Gasteiger partial charge in [0.1, 0.15) is 0 Å². The van der Waals surface area contributed by atoms with Crippen LogP contribution in [-0.4, -0.2) is 53.5 Å². The lowest BCUT2D eigenvalue weighted by Gasteiger charge is -2.32. The number of rotatable bonds is 7. The van der Waals surface area contributed by atoms with Gasteiger partial charge in [0.05, 0.1) is 11.4 Å². The molecule has 3 amide bonds. The molecule has 0 radical (unpaired) electrons. The maximum Gasteiger partial charge on any atom is 0.293 e. The van der Waals surface area contributed by atoms with Crippen molar-refractivity contribution in [3.63, 3.8) is 0 Å². The van der Waals surface area contributed by atoms with Crippen LogP contribution in [0.2, 0.25) is 0 Å². The van der Waals surface area contributed by atoms with E-state index in [2.05, 4.69) is 28.4 Å². The minimum absolute atomic E-state index is 0.109. The van der Waals surface area contributed by atoms with Gasteiger partial charge >= 0.3 is 0 Å². The molecule has 166 valence electrons. The zero-order valence-electron chi connectivity index (χ0n) is 18.1. The second kappa shape index (κ2) is 10.1. The van der Waals surface area contributed by atoms with Crippen molar-refractivity contribution in [3.05, 3.63) is 76.2 Å². The van der Waals surface area contributed by atoms with Gasteiger partial charge in [-0.05, 0) is 60.8 Å². The van der Waals surface area contributed by atoms with Gasteiger partial charge in [-0.1, -0.05) is 54.6 Å². The summed E-state index contributed by atoms with van der Waals surface area (Å²) in [5, 5.41) is 2.55. The Hall–Kier alpha value is -2.90. The molecule has 1 N–H and O–H groups in total. The van der Waals surface area contributed by atoms with E-state index in [1.165, 1.54) is 16.0 Å². The Labute approximate surface area is 192 Å². The molecule has 6 nitrogen and oxygen atoms in total. The molecule has 1 unspecified atom stereocenters. The number of nitrogens with zero attached hydrogens (tertiary/aromatic N) is 2. The Bertz CT molecular complexity index is 1040. The number of carbonyl (C=O) groups excluding carboxylic acids is 3. The highest BCUT2D eigenvalue weighted by atomic mass is 32.2. The number of nitrogens with one attached hydrogen (secondary N) is 1. The minimum Gasteiger partial charge on any atom is -0.353 e. The summed E-state index contributed by atoms with van der Waals surface area (Å²) in [6, 6.07) is 18.1. The van der Waals surface area contributed by atoms with Gasteiger partial charge in [0.2, 0.25) is 5.91 Å². The van der Waals surface area contributed by atoms with Crippen molar-refractivity contribution in [2.24, 2.45) is 0 Å². The van der Waals surface area contributed by atoms with Gasteiger partial charge in [-0.2, -0.15) is 0 Å². The Balaban J connectivity index is 1.27. The first-order valence-electron chi connectivity index (χ1n) is 10.9. The third-order valence-corrected chi connectivity index (χ3v) is 6.80. The standard InChI is InChI=1S/C25H27N3O3S/c1-27(21-13-7-11-19-10-5-6-12-20(19)21)17-23(29)26-14-15-28-24(30)22(32-25(28)31)16-18-8-3-2-4-9-18/h2-6,8-10,12,16,21H,7,11,13-15,17H2,1H3,(H,26,29)/b22-16+. The third kappa shape index (κ3) is 5.11. The van der Waals surface area contributed by atoms with Gasteiger partial charge in [0.25, 0.3) is 11.1 Å². The zero-order chi connectivity index (χ0) is 22.5. The number of fused-ring (bicyclic) bond motifs is 1. The van der Waals surface area contributed by atoms with Gasteiger partial charge in [-0.25, -0.2) is 0 Å². The number of imide groups is 1. The lowest BCUT2D eigenvalue weighted by atomic mass is 9.87. The highest BCUT2D eigenvalue weighted by Gasteiger charge is 2.34. The molecule has 2 aromatic carbocycles. The van der Waals surface area contributed by atoms with E-state index in [9.17, 15) is 14.4 Å². The molecule has 1 heterocycles. The van der Waals surface area contributed by atoms with E-state index < -0.39 is 0 Å². The molecular formula is C25H27N3O3S. The number of amides is 3. The summed E-state index contributed by atoms with van der Waals surface area (Å²) in [6.45, 7) is 0.678. The molecule has 1 atom stereocenters. The molecule has 32 heavy (non-hydrogen) atoms. The number of hydrogen-bond acceptors (Lipinski definition) is 5.